The molecule has 156 valence electrons. The molecule has 2 heterocycles. The van der Waals surface area contributed by atoms with Gasteiger partial charge >= 0.3 is 10.2 Å². The molecular weight excluding hydrogens is 391 g/mol. The van der Waals surface area contributed by atoms with Crippen molar-refractivity contribution in [2.75, 3.05) is 34.8 Å². The highest BCUT2D eigenvalue weighted by Gasteiger charge is 2.41. The van der Waals surface area contributed by atoms with Gasteiger partial charge in [0.25, 0.3) is 0 Å². The summed E-state index contributed by atoms with van der Waals surface area (Å²) in [5.41, 5.74) is 2.32. The lowest BCUT2D eigenvalue weighted by Crippen LogP contribution is -2.55. The van der Waals surface area contributed by atoms with E-state index in [0.29, 0.717) is 47.8 Å². The van der Waals surface area contributed by atoms with Crippen molar-refractivity contribution in [1.82, 2.24) is 10.2 Å². The van der Waals surface area contributed by atoms with Crippen LogP contribution in [0.1, 0.15) is 19.4 Å². The molecule has 2 aliphatic rings. The minimum absolute atomic E-state index is 0.371. The Morgan fingerprint density at radius 2 is 1.66 bits per heavy atom. The zero-order chi connectivity index (χ0) is 20.8. The highest BCUT2D eigenvalue weighted by atomic mass is 32.2. The van der Waals surface area contributed by atoms with Crippen LogP contribution in [-0.2, 0) is 10.2 Å². The molecule has 0 saturated carbocycles. The van der Waals surface area contributed by atoms with Gasteiger partial charge in [0.1, 0.15) is 5.82 Å². The Balaban J connectivity index is 1.65. The molecule has 2 atom stereocenters. The summed E-state index contributed by atoms with van der Waals surface area (Å²) in [6.45, 7) is 8.81. The van der Waals surface area contributed by atoms with Crippen LogP contribution in [0.4, 0.5) is 21.5 Å². The predicted molar refractivity (Wildman–Crippen MR) is 114 cm³/mol. The van der Waals surface area contributed by atoms with Gasteiger partial charge in [-0.05, 0) is 56.7 Å². The fraction of sp³-hybridized carbons (Fsp3) is 0.429. The van der Waals surface area contributed by atoms with Gasteiger partial charge in [0.05, 0.1) is 17.1 Å². The van der Waals surface area contributed by atoms with Crippen molar-refractivity contribution in [3.8, 4) is 0 Å². The summed E-state index contributed by atoms with van der Waals surface area (Å²) in [6.07, 6.45) is 0. The molecular formula is C21H27FN4O2S. The number of piperazine rings is 1. The molecule has 1 saturated heterocycles. The normalized spacial score (nSPS) is 24.0. The summed E-state index contributed by atoms with van der Waals surface area (Å²) in [6, 6.07) is 12.2. The summed E-state index contributed by atoms with van der Waals surface area (Å²) in [4.78, 5) is 2.30. The molecule has 0 bridgehead atoms. The molecule has 2 aromatic rings. The molecule has 1 N–H and O–H groups in total. The van der Waals surface area contributed by atoms with E-state index in [-0.39, 0.29) is 5.82 Å². The largest absolute Gasteiger partial charge is 0.331 e. The highest BCUT2D eigenvalue weighted by Crippen LogP contribution is 2.45. The van der Waals surface area contributed by atoms with Crippen LogP contribution in [0.3, 0.4) is 0 Å². The molecule has 0 aromatic heterocycles. The predicted octanol–water partition coefficient (Wildman–Crippen LogP) is 3.02. The number of rotatable bonds is 4. The Hall–Kier alpha value is -2.16. The van der Waals surface area contributed by atoms with E-state index in [9.17, 15) is 12.8 Å². The first kappa shape index (κ1) is 20.1. The van der Waals surface area contributed by atoms with Gasteiger partial charge in [-0.1, -0.05) is 12.1 Å². The van der Waals surface area contributed by atoms with E-state index in [4.69, 9.17) is 0 Å². The number of anilines is 3. The number of benzene rings is 2. The number of halogens is 1. The first-order valence-electron chi connectivity index (χ1n) is 9.94. The van der Waals surface area contributed by atoms with Gasteiger partial charge in [0, 0.05) is 38.3 Å². The summed E-state index contributed by atoms with van der Waals surface area (Å²) >= 11 is 0. The van der Waals surface area contributed by atoms with Crippen molar-refractivity contribution in [3.05, 3.63) is 53.8 Å². The number of para-hydroxylation sites is 2. The lowest BCUT2D eigenvalue weighted by Gasteiger charge is -2.36. The van der Waals surface area contributed by atoms with Gasteiger partial charge in [-0.3, -0.25) is 4.90 Å². The quantitative estimate of drug-likeness (QED) is 0.829. The number of fused-ring (bicyclic) bond motifs is 1. The third kappa shape index (κ3) is 3.72. The first-order chi connectivity index (χ1) is 13.8. The van der Waals surface area contributed by atoms with E-state index in [1.807, 2.05) is 18.2 Å². The molecule has 6 nitrogen and oxygen atoms in total. The van der Waals surface area contributed by atoms with Crippen LogP contribution in [0.25, 0.3) is 0 Å². The van der Waals surface area contributed by atoms with Crippen molar-refractivity contribution < 1.29 is 12.8 Å². The van der Waals surface area contributed by atoms with Gasteiger partial charge in [0.15, 0.2) is 0 Å². The Bertz CT molecular complexity index is 1000. The number of nitrogens with one attached hydrogen (secondary N) is 1. The van der Waals surface area contributed by atoms with E-state index >= 15 is 0 Å². The van der Waals surface area contributed by atoms with Crippen LogP contribution < -0.4 is 13.9 Å². The molecule has 2 unspecified atom stereocenters. The molecule has 1 fully saturated rings. The molecule has 2 aliphatic heterocycles. The van der Waals surface area contributed by atoms with Gasteiger partial charge < -0.3 is 5.32 Å². The van der Waals surface area contributed by atoms with Crippen molar-refractivity contribution in [3.63, 3.8) is 0 Å². The number of aryl methyl sites for hydroxylation is 1. The molecule has 29 heavy (non-hydrogen) atoms. The standard InChI is InChI=1S/C21H27FN4O2S/c1-15-12-18(22)8-9-19(15)26-21-7-5-4-6-20(21)25(29(26,27)28)11-10-24-13-16(2)23-17(3)14-24/h4-9,12,16-17,23H,10-11,13-14H2,1-3H3. The van der Waals surface area contributed by atoms with Crippen molar-refractivity contribution in [2.45, 2.75) is 32.9 Å². The van der Waals surface area contributed by atoms with Crippen molar-refractivity contribution in [2.24, 2.45) is 0 Å². The Labute approximate surface area is 172 Å². The first-order valence-corrected chi connectivity index (χ1v) is 11.3. The van der Waals surface area contributed by atoms with Gasteiger partial charge in [-0.15, -0.1) is 0 Å². The second-order valence-corrected chi connectivity index (χ2v) is 9.69. The van der Waals surface area contributed by atoms with E-state index in [0.717, 1.165) is 13.1 Å². The Morgan fingerprint density at radius 3 is 2.31 bits per heavy atom. The molecule has 0 aliphatic carbocycles. The van der Waals surface area contributed by atoms with E-state index < -0.39 is 10.2 Å². The zero-order valence-corrected chi connectivity index (χ0v) is 17.8. The Kier molecular flexibility index (Phi) is 5.27. The van der Waals surface area contributed by atoms with Crippen LogP contribution in [0, 0.1) is 12.7 Å². The lowest BCUT2D eigenvalue weighted by molar-refractivity contribution is 0.178. The van der Waals surface area contributed by atoms with E-state index in [1.54, 1.807) is 13.0 Å². The highest BCUT2D eigenvalue weighted by molar-refractivity contribution is 7.95. The summed E-state index contributed by atoms with van der Waals surface area (Å²) < 4.78 is 43.4. The molecule has 8 heteroatoms. The minimum atomic E-state index is -3.80. The minimum Gasteiger partial charge on any atom is -0.309 e. The third-order valence-corrected chi connectivity index (χ3v) is 7.30. The maximum Gasteiger partial charge on any atom is 0.331 e. The van der Waals surface area contributed by atoms with Crippen LogP contribution in [0.2, 0.25) is 0 Å². The summed E-state index contributed by atoms with van der Waals surface area (Å²) in [5, 5.41) is 3.50. The van der Waals surface area contributed by atoms with Crippen LogP contribution in [0.5, 0.6) is 0 Å². The maximum absolute atomic E-state index is 13.6. The monoisotopic (exact) mass is 418 g/mol. The topological polar surface area (TPSA) is 55.9 Å². The van der Waals surface area contributed by atoms with Gasteiger partial charge in [-0.25, -0.2) is 13.0 Å². The van der Waals surface area contributed by atoms with E-state index in [2.05, 4.69) is 24.1 Å². The second-order valence-electron chi connectivity index (χ2n) is 7.99. The maximum atomic E-state index is 13.6. The number of hydrogen-bond donors (Lipinski definition) is 1. The SMILES string of the molecule is Cc1cc(F)ccc1N1c2ccccc2N(CCN2CC(C)NC(C)C2)S1(=O)=O. The van der Waals surface area contributed by atoms with Crippen LogP contribution in [-0.4, -0.2) is 51.6 Å². The molecule has 0 radical (unpaired) electrons. The average Bonchev–Trinajstić information content (AvgIpc) is 2.86. The fourth-order valence-corrected chi connectivity index (χ4v) is 6.15. The van der Waals surface area contributed by atoms with Crippen molar-refractivity contribution in [1.29, 1.82) is 0 Å². The van der Waals surface area contributed by atoms with Gasteiger partial charge in [-0.2, -0.15) is 8.42 Å². The summed E-state index contributed by atoms with van der Waals surface area (Å²) in [5.74, 6) is -0.380. The molecule has 0 spiro atoms. The molecule has 0 amide bonds. The number of hydrogen-bond acceptors (Lipinski definition) is 4. The van der Waals surface area contributed by atoms with Gasteiger partial charge in [0.2, 0.25) is 0 Å². The lowest BCUT2D eigenvalue weighted by atomic mass is 10.1. The molecule has 4 rings (SSSR count). The van der Waals surface area contributed by atoms with Crippen LogP contribution >= 0.6 is 0 Å². The number of nitrogens with zero attached hydrogens (tertiary/aromatic N) is 3. The molecule has 2 aromatic carbocycles. The zero-order valence-electron chi connectivity index (χ0n) is 17.0. The Morgan fingerprint density at radius 1 is 1.00 bits per heavy atom. The average molecular weight is 419 g/mol. The smallest absolute Gasteiger partial charge is 0.309 e. The second kappa shape index (κ2) is 7.59. The summed E-state index contributed by atoms with van der Waals surface area (Å²) in [7, 11) is -3.80. The van der Waals surface area contributed by atoms with Crippen LogP contribution in [0.15, 0.2) is 42.5 Å². The fourth-order valence-electron chi connectivity index (χ4n) is 4.39. The van der Waals surface area contributed by atoms with E-state index in [1.165, 1.54) is 26.8 Å². The third-order valence-electron chi connectivity index (χ3n) is 5.51. The van der Waals surface area contributed by atoms with Crippen molar-refractivity contribution >= 4 is 27.3 Å².